The number of hydrogen-bond donors (Lipinski definition) is 0. The van der Waals surface area contributed by atoms with E-state index in [1.165, 1.54) is 15.9 Å². The Balaban J connectivity index is 0.00000144. The molecule has 0 bridgehead atoms. The van der Waals surface area contributed by atoms with Gasteiger partial charge in [-0.15, -0.1) is 4.17 Å². The van der Waals surface area contributed by atoms with Crippen molar-refractivity contribution in [3.8, 4) is 0 Å². The van der Waals surface area contributed by atoms with Crippen molar-refractivity contribution in [1.82, 2.24) is 4.17 Å². The Morgan fingerprint density at radius 2 is 0.917 bits per heavy atom. The van der Waals surface area contributed by atoms with Crippen LogP contribution in [0.15, 0.2) is 91.0 Å². The van der Waals surface area contributed by atoms with Crippen LogP contribution < -0.4 is 37.1 Å². The fourth-order valence-electron chi connectivity index (χ4n) is 2.67. The second kappa shape index (κ2) is 9.77. The minimum Gasteiger partial charge on any atom is -1.00 e. The Bertz CT molecular complexity index is 724. The standard InChI is InChI=1S/C19H18NP2.CH4.BrH/c1-21-20-22(17-11-5-2-6-12-17,18-13-7-3-8-14-18)19-15-9-4-10-16-19;;/h2-16H,1H3;1H4;1H/q+1;;/p-1. The number of rotatable bonds is 3. The fraction of sp³-hybridized carbons (Fsp3) is 0.100. The molecule has 0 N–H and O–H groups in total. The highest BCUT2D eigenvalue weighted by molar-refractivity contribution is 7.87. The lowest BCUT2D eigenvalue weighted by Gasteiger charge is -2.14. The Morgan fingerprint density at radius 1 is 0.625 bits per heavy atom. The molecule has 0 aromatic heterocycles. The first-order chi connectivity index (χ1) is 10.9. The topological polar surface area (TPSA) is 14.1 Å². The largest absolute Gasteiger partial charge is 1.00 e. The Kier molecular flexibility index (Phi) is 8.40. The van der Waals surface area contributed by atoms with Gasteiger partial charge < -0.3 is 17.0 Å². The van der Waals surface area contributed by atoms with E-state index >= 15 is 0 Å². The maximum atomic E-state index is 5.15. The highest BCUT2D eigenvalue weighted by Gasteiger charge is 2.37. The average molecular weight is 418 g/mol. The number of nitrogens with zero attached hydrogens (tertiary/aromatic N) is 1. The first-order valence-electron chi connectivity index (χ1n) is 7.25. The molecule has 0 heterocycles. The van der Waals surface area contributed by atoms with Gasteiger partial charge in [-0.05, 0) is 36.4 Å². The second-order valence-electron chi connectivity index (χ2n) is 4.93. The molecule has 124 valence electrons. The zero-order chi connectivity index (χ0) is 15.3. The Morgan fingerprint density at radius 3 is 1.17 bits per heavy atom. The molecule has 3 rings (SSSR count). The predicted octanol–water partition coefficient (Wildman–Crippen LogP) is 1.63. The number of hydrogen-bond acceptors (Lipinski definition) is 0. The molecule has 24 heavy (non-hydrogen) atoms. The van der Waals surface area contributed by atoms with Crippen molar-refractivity contribution < 1.29 is 17.0 Å². The number of benzene rings is 3. The van der Waals surface area contributed by atoms with Crippen LogP contribution in [0.1, 0.15) is 7.43 Å². The Labute approximate surface area is 157 Å². The first kappa shape index (κ1) is 20.6. The van der Waals surface area contributed by atoms with Crippen LogP contribution in [0.2, 0.25) is 0 Å². The normalized spacial score (nSPS) is 10.2. The van der Waals surface area contributed by atoms with Crippen LogP contribution in [-0.2, 0) is 0 Å². The molecule has 0 unspecified atom stereocenters. The van der Waals surface area contributed by atoms with E-state index in [9.17, 15) is 0 Å². The molecular formula is C20H22BrNP2. The van der Waals surface area contributed by atoms with E-state index in [2.05, 4.69) is 97.7 Å². The van der Waals surface area contributed by atoms with Crippen LogP contribution in [0.3, 0.4) is 0 Å². The van der Waals surface area contributed by atoms with Gasteiger partial charge in [-0.25, -0.2) is 0 Å². The summed E-state index contributed by atoms with van der Waals surface area (Å²) in [5.74, 6) is 0. The summed E-state index contributed by atoms with van der Waals surface area (Å²) in [4.78, 5) is 0. The maximum Gasteiger partial charge on any atom is 0.348 e. The lowest BCUT2D eigenvalue weighted by Crippen LogP contribution is -3.00. The molecule has 0 amide bonds. The zero-order valence-corrected chi connectivity index (χ0v) is 16.3. The van der Waals surface area contributed by atoms with Gasteiger partial charge in [-0.2, -0.15) is 0 Å². The molecule has 3 aromatic carbocycles. The summed E-state index contributed by atoms with van der Waals surface area (Å²) in [6.45, 7) is 2.10. The highest BCUT2D eigenvalue weighted by atomic mass is 79.9. The summed E-state index contributed by atoms with van der Waals surface area (Å²) in [5, 5.41) is 3.92. The zero-order valence-electron chi connectivity index (χ0n) is 12.9. The van der Waals surface area contributed by atoms with Crippen molar-refractivity contribution >= 4 is 31.3 Å². The summed E-state index contributed by atoms with van der Waals surface area (Å²) in [6, 6.07) is 32.1. The van der Waals surface area contributed by atoms with Gasteiger partial charge in [0.05, 0.1) is 22.6 Å². The van der Waals surface area contributed by atoms with E-state index in [0.29, 0.717) is 0 Å². The molecule has 0 atom stereocenters. The van der Waals surface area contributed by atoms with E-state index in [1.807, 2.05) is 0 Å². The summed E-state index contributed by atoms with van der Waals surface area (Å²) < 4.78 is 5.15. The third-order valence-electron chi connectivity index (χ3n) is 3.61. The third kappa shape index (κ3) is 3.97. The molecule has 1 nitrogen and oxygen atoms in total. The van der Waals surface area contributed by atoms with E-state index in [1.54, 1.807) is 0 Å². The van der Waals surface area contributed by atoms with Crippen molar-refractivity contribution in [2.75, 3.05) is 6.66 Å². The van der Waals surface area contributed by atoms with Gasteiger partial charge in [-0.1, -0.05) is 62.0 Å². The molecule has 0 saturated heterocycles. The molecular weight excluding hydrogens is 396 g/mol. The van der Waals surface area contributed by atoms with E-state index < -0.39 is 7.05 Å². The molecule has 0 fully saturated rings. The van der Waals surface area contributed by atoms with Crippen LogP contribution in [0, 0.1) is 0 Å². The molecule has 0 aliphatic heterocycles. The van der Waals surface area contributed by atoms with Gasteiger partial charge in [-0.3, -0.25) is 0 Å². The van der Waals surface area contributed by atoms with Gasteiger partial charge in [0.2, 0.25) is 0 Å². The molecule has 3 aromatic rings. The summed E-state index contributed by atoms with van der Waals surface area (Å²) in [7, 11) is -0.877. The van der Waals surface area contributed by atoms with Crippen molar-refractivity contribution in [2.45, 2.75) is 7.43 Å². The maximum absolute atomic E-state index is 5.15. The van der Waals surface area contributed by atoms with Crippen molar-refractivity contribution in [3.05, 3.63) is 91.0 Å². The second-order valence-corrected chi connectivity index (χ2v) is 8.87. The SMILES string of the molecule is C.CP=[N+]=P(c1ccccc1)(c1ccccc1)c1ccccc1.[Br-]. The van der Waals surface area contributed by atoms with Gasteiger partial charge in [0.15, 0.2) is 0 Å². The van der Waals surface area contributed by atoms with Crippen LogP contribution in [0.25, 0.3) is 0 Å². The number of halogens is 1. The van der Waals surface area contributed by atoms with E-state index in [4.69, 9.17) is 4.17 Å². The van der Waals surface area contributed by atoms with Crippen LogP contribution >= 0.6 is 15.4 Å². The minimum atomic E-state index is -1.94. The minimum absolute atomic E-state index is 0. The average Bonchev–Trinajstić information content (AvgIpc) is 2.62. The predicted molar refractivity (Wildman–Crippen MR) is 107 cm³/mol. The summed E-state index contributed by atoms with van der Waals surface area (Å²) in [6.07, 6.45) is 0. The van der Waals surface area contributed by atoms with Gasteiger partial charge in [0.1, 0.15) is 0 Å². The summed E-state index contributed by atoms with van der Waals surface area (Å²) >= 11 is 0. The van der Waals surface area contributed by atoms with Gasteiger partial charge in [0, 0.05) is 0 Å². The monoisotopic (exact) mass is 417 g/mol. The first-order valence-corrected chi connectivity index (χ1v) is 10.3. The molecule has 0 spiro atoms. The van der Waals surface area contributed by atoms with Crippen LogP contribution in [0.4, 0.5) is 0 Å². The fourth-order valence-corrected chi connectivity index (χ4v) is 7.69. The lowest BCUT2D eigenvalue weighted by molar-refractivity contribution is -0.00000478. The summed E-state index contributed by atoms with van der Waals surface area (Å²) in [5.41, 5.74) is 0. The van der Waals surface area contributed by atoms with Crippen molar-refractivity contribution in [1.29, 1.82) is 0 Å². The lowest BCUT2D eigenvalue weighted by atomic mass is 10.4. The highest BCUT2D eigenvalue weighted by Crippen LogP contribution is 2.42. The molecule has 0 radical (unpaired) electrons. The quantitative estimate of drug-likeness (QED) is 0.454. The van der Waals surface area contributed by atoms with Crippen LogP contribution in [-0.4, -0.2) is 6.66 Å². The van der Waals surface area contributed by atoms with Crippen LogP contribution in [0.5, 0.6) is 0 Å². The van der Waals surface area contributed by atoms with E-state index in [-0.39, 0.29) is 24.4 Å². The van der Waals surface area contributed by atoms with Crippen molar-refractivity contribution in [3.63, 3.8) is 0 Å². The molecule has 4 heteroatoms. The Hall–Kier alpha value is -1.42. The van der Waals surface area contributed by atoms with E-state index in [0.717, 1.165) is 8.37 Å². The smallest absolute Gasteiger partial charge is 0.348 e. The third-order valence-corrected chi connectivity index (χ3v) is 8.54. The molecule has 0 aliphatic rings. The van der Waals surface area contributed by atoms with Gasteiger partial charge >= 0.3 is 15.4 Å². The molecule has 0 aliphatic carbocycles. The van der Waals surface area contributed by atoms with Crippen molar-refractivity contribution in [2.24, 2.45) is 0 Å². The molecule has 0 saturated carbocycles. The van der Waals surface area contributed by atoms with Gasteiger partial charge in [0.25, 0.3) is 0 Å².